The highest BCUT2D eigenvalue weighted by molar-refractivity contribution is 7.91. The molecule has 1 aliphatic heterocycles. The zero-order valence-corrected chi connectivity index (χ0v) is 14.0. The van der Waals surface area contributed by atoms with Gasteiger partial charge in [0, 0.05) is 38.6 Å². The number of aromatic nitrogens is 2. The summed E-state index contributed by atoms with van der Waals surface area (Å²) in [6, 6.07) is 3.33. The molecule has 0 radical (unpaired) electrons. The first-order valence-electron chi connectivity index (χ1n) is 7.18. The van der Waals surface area contributed by atoms with E-state index in [-0.39, 0.29) is 18.1 Å². The summed E-state index contributed by atoms with van der Waals surface area (Å²) in [5.41, 5.74) is 0.280. The molecule has 1 fully saturated rings. The smallest absolute Gasteiger partial charge is 0.274 e. The van der Waals surface area contributed by atoms with Gasteiger partial charge in [-0.1, -0.05) is 6.07 Å². The molecule has 0 aromatic carbocycles. The lowest BCUT2D eigenvalue weighted by Crippen LogP contribution is -2.37. The molecule has 0 N–H and O–H groups in total. The van der Waals surface area contributed by atoms with Gasteiger partial charge in [-0.2, -0.15) is 4.31 Å². The Morgan fingerprint density at radius 1 is 1.17 bits per heavy atom. The van der Waals surface area contributed by atoms with Crippen molar-refractivity contribution in [2.24, 2.45) is 0 Å². The number of rotatable bonds is 3. The van der Waals surface area contributed by atoms with Crippen LogP contribution in [0.3, 0.4) is 0 Å². The van der Waals surface area contributed by atoms with Crippen LogP contribution in [0.15, 0.2) is 40.3 Å². The summed E-state index contributed by atoms with van der Waals surface area (Å²) in [5.74, 6) is -0.214. The number of hydrogen-bond donors (Lipinski definition) is 0. The van der Waals surface area contributed by atoms with Gasteiger partial charge in [0.05, 0.1) is 6.20 Å². The lowest BCUT2D eigenvalue weighted by atomic mass is 10.3. The highest BCUT2D eigenvalue weighted by atomic mass is 32.2. The maximum atomic E-state index is 12.6. The summed E-state index contributed by atoms with van der Waals surface area (Å²) in [5, 5.41) is 1.74. The molecule has 0 aliphatic carbocycles. The van der Waals surface area contributed by atoms with Crippen LogP contribution in [0.25, 0.3) is 0 Å². The van der Waals surface area contributed by atoms with E-state index in [0.29, 0.717) is 30.3 Å². The lowest BCUT2D eigenvalue weighted by Gasteiger charge is -2.21. The quantitative estimate of drug-likeness (QED) is 0.825. The molecule has 3 heterocycles. The molecule has 0 spiro atoms. The molecule has 1 saturated heterocycles. The number of nitrogens with zero attached hydrogens (tertiary/aromatic N) is 4. The molecule has 122 valence electrons. The molecule has 0 atom stereocenters. The van der Waals surface area contributed by atoms with Crippen molar-refractivity contribution in [2.45, 2.75) is 10.6 Å². The van der Waals surface area contributed by atoms with Gasteiger partial charge in [0.2, 0.25) is 0 Å². The predicted molar refractivity (Wildman–Crippen MR) is 85.6 cm³/mol. The number of carbonyl (C=O) groups is 1. The van der Waals surface area contributed by atoms with Gasteiger partial charge in [-0.05, 0) is 17.9 Å². The van der Waals surface area contributed by atoms with E-state index in [1.54, 1.807) is 22.4 Å². The molecule has 0 unspecified atom stereocenters. The van der Waals surface area contributed by atoms with Crippen LogP contribution in [0.1, 0.15) is 16.9 Å². The third kappa shape index (κ3) is 3.41. The Balaban J connectivity index is 1.72. The summed E-state index contributed by atoms with van der Waals surface area (Å²) in [6.45, 7) is 1.54. The van der Waals surface area contributed by atoms with E-state index < -0.39 is 10.0 Å². The lowest BCUT2D eigenvalue weighted by molar-refractivity contribution is 0.0758. The normalized spacial score (nSPS) is 17.0. The molecule has 2 aromatic rings. The topological polar surface area (TPSA) is 83.5 Å². The van der Waals surface area contributed by atoms with Crippen molar-refractivity contribution in [1.29, 1.82) is 0 Å². The van der Waals surface area contributed by atoms with Crippen LogP contribution in [0.5, 0.6) is 0 Å². The highest BCUT2D eigenvalue weighted by Gasteiger charge is 2.29. The number of amides is 1. The minimum atomic E-state index is -3.47. The second-order valence-corrected chi connectivity index (χ2v) is 8.19. The molecule has 7 nitrogen and oxygen atoms in total. The molecule has 0 bridgehead atoms. The van der Waals surface area contributed by atoms with Crippen LogP contribution in [-0.4, -0.2) is 59.7 Å². The molecule has 2 aromatic heterocycles. The molecule has 23 heavy (non-hydrogen) atoms. The number of hydrogen-bond acceptors (Lipinski definition) is 6. The second kappa shape index (κ2) is 6.73. The van der Waals surface area contributed by atoms with E-state index in [1.807, 2.05) is 0 Å². The van der Waals surface area contributed by atoms with Crippen molar-refractivity contribution in [3.63, 3.8) is 0 Å². The maximum absolute atomic E-state index is 12.6. The zero-order valence-electron chi connectivity index (χ0n) is 12.3. The van der Waals surface area contributed by atoms with Gasteiger partial charge in [0.25, 0.3) is 15.9 Å². The SMILES string of the molecule is O=C(c1cnccn1)N1CCCN(S(=O)(=O)c2cccs2)CC1. The van der Waals surface area contributed by atoms with E-state index in [9.17, 15) is 13.2 Å². The molecule has 0 saturated carbocycles. The maximum Gasteiger partial charge on any atom is 0.274 e. The first-order chi connectivity index (χ1) is 11.1. The van der Waals surface area contributed by atoms with Crippen molar-refractivity contribution in [1.82, 2.24) is 19.2 Å². The minimum absolute atomic E-state index is 0.214. The van der Waals surface area contributed by atoms with Crippen LogP contribution in [-0.2, 0) is 10.0 Å². The Labute approximate surface area is 138 Å². The number of carbonyl (C=O) groups excluding carboxylic acids is 1. The van der Waals surface area contributed by atoms with E-state index in [4.69, 9.17) is 0 Å². The number of sulfonamides is 1. The Morgan fingerprint density at radius 3 is 2.74 bits per heavy atom. The van der Waals surface area contributed by atoms with E-state index in [2.05, 4.69) is 9.97 Å². The third-order valence-electron chi connectivity index (χ3n) is 3.61. The Kier molecular flexibility index (Phi) is 4.69. The van der Waals surface area contributed by atoms with Crippen LogP contribution < -0.4 is 0 Å². The fourth-order valence-corrected chi connectivity index (χ4v) is 5.06. The summed E-state index contributed by atoms with van der Waals surface area (Å²) < 4.78 is 26.9. The van der Waals surface area contributed by atoms with Gasteiger partial charge in [0.15, 0.2) is 0 Å². The zero-order chi connectivity index (χ0) is 16.3. The Hall–Kier alpha value is -1.84. The molecule has 3 rings (SSSR count). The largest absolute Gasteiger partial charge is 0.336 e. The van der Waals surface area contributed by atoms with Crippen LogP contribution in [0.2, 0.25) is 0 Å². The summed E-state index contributed by atoms with van der Waals surface area (Å²) >= 11 is 1.21. The molecular weight excluding hydrogens is 336 g/mol. The fourth-order valence-electron chi connectivity index (χ4n) is 2.45. The van der Waals surface area contributed by atoms with Crippen molar-refractivity contribution < 1.29 is 13.2 Å². The first kappa shape index (κ1) is 16.0. The predicted octanol–water partition coefficient (Wildman–Crippen LogP) is 1.07. The van der Waals surface area contributed by atoms with Gasteiger partial charge in [-0.15, -0.1) is 11.3 Å². The standard InChI is InChI=1S/C14H16N4O3S2/c19-14(12-11-15-4-5-16-12)17-6-2-7-18(9-8-17)23(20,21)13-3-1-10-22-13/h1,3-5,10-11H,2,6-9H2. The van der Waals surface area contributed by atoms with Crippen molar-refractivity contribution in [2.75, 3.05) is 26.2 Å². The molecule has 1 amide bonds. The van der Waals surface area contributed by atoms with Crippen LogP contribution in [0, 0.1) is 0 Å². The van der Waals surface area contributed by atoms with E-state index in [0.717, 1.165) is 0 Å². The van der Waals surface area contributed by atoms with Crippen molar-refractivity contribution in [3.05, 3.63) is 41.8 Å². The van der Waals surface area contributed by atoms with E-state index in [1.165, 1.54) is 34.2 Å². The van der Waals surface area contributed by atoms with Crippen LogP contribution in [0.4, 0.5) is 0 Å². The summed E-state index contributed by atoms with van der Waals surface area (Å²) in [4.78, 5) is 21.9. The van der Waals surface area contributed by atoms with Crippen molar-refractivity contribution in [3.8, 4) is 0 Å². The van der Waals surface area contributed by atoms with Crippen LogP contribution >= 0.6 is 11.3 Å². The summed E-state index contributed by atoms with van der Waals surface area (Å²) in [7, 11) is -3.47. The third-order valence-corrected chi connectivity index (χ3v) is 6.89. The Morgan fingerprint density at radius 2 is 2.04 bits per heavy atom. The van der Waals surface area contributed by atoms with Gasteiger partial charge in [-0.3, -0.25) is 9.78 Å². The highest BCUT2D eigenvalue weighted by Crippen LogP contribution is 2.22. The second-order valence-electron chi connectivity index (χ2n) is 5.07. The van der Waals surface area contributed by atoms with Gasteiger partial charge in [-0.25, -0.2) is 13.4 Å². The van der Waals surface area contributed by atoms with Gasteiger partial charge >= 0.3 is 0 Å². The number of thiophene rings is 1. The summed E-state index contributed by atoms with van der Waals surface area (Å²) in [6.07, 6.45) is 5.00. The molecule has 1 aliphatic rings. The van der Waals surface area contributed by atoms with Crippen molar-refractivity contribution >= 4 is 27.3 Å². The monoisotopic (exact) mass is 352 g/mol. The fraction of sp³-hybridized carbons (Fsp3) is 0.357. The average molecular weight is 352 g/mol. The molecule has 9 heteroatoms. The van der Waals surface area contributed by atoms with E-state index >= 15 is 0 Å². The van der Waals surface area contributed by atoms with Gasteiger partial charge in [0.1, 0.15) is 9.90 Å². The first-order valence-corrected chi connectivity index (χ1v) is 9.50. The minimum Gasteiger partial charge on any atom is -0.336 e. The Bertz CT molecular complexity index is 763. The average Bonchev–Trinajstić information content (AvgIpc) is 3.00. The molecular formula is C14H16N4O3S2. The van der Waals surface area contributed by atoms with Gasteiger partial charge < -0.3 is 4.90 Å².